The van der Waals surface area contributed by atoms with E-state index in [1.165, 1.54) is 6.42 Å². The van der Waals surface area contributed by atoms with Gasteiger partial charge in [0.15, 0.2) is 0 Å². The van der Waals surface area contributed by atoms with Gasteiger partial charge in [-0.3, -0.25) is 14.4 Å². The molecule has 1 spiro atoms. The number of rotatable bonds is 5. The largest absolute Gasteiger partial charge is 0.359 e. The van der Waals surface area contributed by atoms with E-state index < -0.39 is 29.6 Å². The van der Waals surface area contributed by atoms with Crippen LogP contribution in [0.1, 0.15) is 64.7 Å². The number of hydrogen-bond acceptors (Lipinski definition) is 4. The van der Waals surface area contributed by atoms with Gasteiger partial charge in [0.2, 0.25) is 17.7 Å². The lowest BCUT2D eigenvalue weighted by atomic mass is 9.74. The summed E-state index contributed by atoms with van der Waals surface area (Å²) in [7, 11) is 0. The first-order valence-corrected chi connectivity index (χ1v) is 14.8. The number of amides is 3. The second-order valence-electron chi connectivity index (χ2n) is 11.8. The van der Waals surface area contributed by atoms with Crippen LogP contribution in [0.4, 0.5) is 5.69 Å². The molecule has 1 aromatic carbocycles. The van der Waals surface area contributed by atoms with Crippen LogP contribution in [0.3, 0.4) is 0 Å². The van der Waals surface area contributed by atoms with Crippen molar-refractivity contribution in [2.45, 2.75) is 94.5 Å². The van der Waals surface area contributed by atoms with Gasteiger partial charge in [-0.1, -0.05) is 74.4 Å². The lowest BCUT2D eigenvalue weighted by Gasteiger charge is -2.42. The summed E-state index contributed by atoms with van der Waals surface area (Å²) < 4.78 is 6.51. The molecule has 9 heteroatoms. The van der Waals surface area contributed by atoms with Gasteiger partial charge < -0.3 is 20.3 Å². The van der Waals surface area contributed by atoms with Crippen molar-refractivity contribution in [1.29, 1.82) is 0 Å². The fraction of sp³-hybridized carbons (Fsp3) is 0.621. The van der Waals surface area contributed by atoms with E-state index in [-0.39, 0.29) is 35.7 Å². The quantitative estimate of drug-likeness (QED) is 0.490. The molecular formula is C29H35Cl2N3O4. The van der Waals surface area contributed by atoms with Crippen molar-refractivity contribution in [3.63, 3.8) is 0 Å². The van der Waals surface area contributed by atoms with Gasteiger partial charge in [0.25, 0.3) is 0 Å². The molecule has 0 radical (unpaired) electrons. The van der Waals surface area contributed by atoms with Gasteiger partial charge in [-0.05, 0) is 49.8 Å². The lowest BCUT2D eigenvalue weighted by molar-refractivity contribution is -0.146. The van der Waals surface area contributed by atoms with Gasteiger partial charge in [0.05, 0.1) is 17.9 Å². The number of fused-ring (bicyclic) bond motifs is 1. The van der Waals surface area contributed by atoms with Crippen LogP contribution >= 0.6 is 23.2 Å². The first kappa shape index (κ1) is 26.1. The molecule has 204 valence electrons. The maximum absolute atomic E-state index is 14.3. The predicted molar refractivity (Wildman–Crippen MR) is 146 cm³/mol. The van der Waals surface area contributed by atoms with Crippen molar-refractivity contribution in [1.82, 2.24) is 10.2 Å². The lowest BCUT2D eigenvalue weighted by Crippen LogP contribution is -2.59. The number of nitrogens with one attached hydrogen (secondary N) is 2. The Morgan fingerprint density at radius 3 is 2.37 bits per heavy atom. The summed E-state index contributed by atoms with van der Waals surface area (Å²) in [5.74, 6) is -1.87. The monoisotopic (exact) mass is 559 g/mol. The molecule has 3 amide bonds. The summed E-state index contributed by atoms with van der Waals surface area (Å²) in [6, 6.07) is 4.12. The highest BCUT2D eigenvalue weighted by Crippen LogP contribution is 2.56. The third-order valence-corrected chi connectivity index (χ3v) is 9.80. The van der Waals surface area contributed by atoms with Crippen LogP contribution in [0.5, 0.6) is 0 Å². The summed E-state index contributed by atoms with van der Waals surface area (Å²) >= 11 is 12.3. The van der Waals surface area contributed by atoms with Gasteiger partial charge >= 0.3 is 0 Å². The van der Waals surface area contributed by atoms with Gasteiger partial charge in [-0.25, -0.2) is 0 Å². The minimum Gasteiger partial charge on any atom is -0.359 e. The molecule has 0 unspecified atom stereocenters. The fourth-order valence-electron chi connectivity index (χ4n) is 7.65. The van der Waals surface area contributed by atoms with Gasteiger partial charge in [-0.2, -0.15) is 0 Å². The van der Waals surface area contributed by atoms with E-state index in [9.17, 15) is 14.4 Å². The zero-order valence-electron chi connectivity index (χ0n) is 21.6. The first-order valence-electron chi connectivity index (χ1n) is 14.0. The Hall–Kier alpha value is -2.09. The third-order valence-electron chi connectivity index (χ3n) is 9.37. The molecule has 0 aromatic heterocycles. The van der Waals surface area contributed by atoms with Crippen molar-refractivity contribution in [2.24, 2.45) is 17.8 Å². The van der Waals surface area contributed by atoms with E-state index in [0.29, 0.717) is 15.7 Å². The Kier molecular flexibility index (Phi) is 6.98. The molecular weight excluding hydrogens is 525 g/mol. The zero-order chi connectivity index (χ0) is 26.6. The summed E-state index contributed by atoms with van der Waals surface area (Å²) in [5, 5.41) is 6.99. The zero-order valence-corrected chi connectivity index (χ0v) is 23.1. The molecule has 38 heavy (non-hydrogen) atoms. The standard InChI is InChI=1S/C29H35Cl2N3O4/c1-16-7-5-6-10-21(16)34-25(27(36)32-19-8-3-2-4-9-19)29-12-11-22(38-29)23(24(29)28(34)37)26(35)33-20-14-17(30)13-18(31)15-20/h11-16,19,21-25H,2-10H2,1H3,(H,32,36)(H,33,35)/t16-,21+,22+,23-,24+,25+,29+/m1/s1. The number of anilines is 1. The number of carbonyl (C=O) groups is 3. The van der Waals surface area contributed by atoms with E-state index >= 15 is 0 Å². The molecule has 7 nitrogen and oxygen atoms in total. The number of halogens is 2. The molecule has 3 aliphatic heterocycles. The number of nitrogens with zero attached hydrogens (tertiary/aromatic N) is 1. The highest BCUT2D eigenvalue weighted by Gasteiger charge is 2.73. The molecule has 2 saturated heterocycles. The summed E-state index contributed by atoms with van der Waals surface area (Å²) in [6.45, 7) is 2.17. The summed E-state index contributed by atoms with van der Waals surface area (Å²) in [5.41, 5.74) is -0.686. The molecule has 3 heterocycles. The first-order chi connectivity index (χ1) is 18.3. The number of hydrogen-bond donors (Lipinski definition) is 2. The number of benzene rings is 1. The average molecular weight is 561 g/mol. The minimum atomic E-state index is -1.15. The molecule has 2 N–H and O–H groups in total. The second kappa shape index (κ2) is 10.1. The Bertz CT molecular complexity index is 1150. The average Bonchev–Trinajstić information content (AvgIpc) is 3.52. The van der Waals surface area contributed by atoms with Crippen LogP contribution in [-0.2, 0) is 19.1 Å². The van der Waals surface area contributed by atoms with E-state index in [1.807, 2.05) is 17.1 Å². The highest BCUT2D eigenvalue weighted by atomic mass is 35.5. The fourth-order valence-corrected chi connectivity index (χ4v) is 8.18. The molecule has 1 aromatic rings. The number of likely N-dealkylation sites (tertiary alicyclic amines) is 1. The van der Waals surface area contributed by atoms with Gasteiger partial charge in [-0.15, -0.1) is 0 Å². The molecule has 2 aliphatic carbocycles. The van der Waals surface area contributed by atoms with Crippen molar-refractivity contribution < 1.29 is 19.1 Å². The number of carbonyl (C=O) groups excluding carboxylic acids is 3. The van der Waals surface area contributed by atoms with Crippen LogP contribution < -0.4 is 10.6 Å². The van der Waals surface area contributed by atoms with Gasteiger partial charge in [0, 0.05) is 27.8 Å². The Labute approximate surface area is 233 Å². The summed E-state index contributed by atoms with van der Waals surface area (Å²) in [6.07, 6.45) is 12.5. The Morgan fingerprint density at radius 1 is 0.974 bits per heavy atom. The molecule has 5 aliphatic rings. The van der Waals surface area contributed by atoms with Gasteiger partial charge in [0.1, 0.15) is 11.6 Å². The van der Waals surface area contributed by atoms with Crippen LogP contribution in [0.15, 0.2) is 30.4 Å². The minimum absolute atomic E-state index is 0.0511. The Morgan fingerprint density at radius 2 is 1.66 bits per heavy atom. The molecule has 6 rings (SSSR count). The smallest absolute Gasteiger partial charge is 0.246 e. The van der Waals surface area contributed by atoms with Crippen LogP contribution in [0.25, 0.3) is 0 Å². The van der Waals surface area contributed by atoms with Crippen LogP contribution in [0, 0.1) is 17.8 Å². The van der Waals surface area contributed by atoms with Crippen LogP contribution in [0.2, 0.25) is 10.0 Å². The molecule has 7 atom stereocenters. The number of ether oxygens (including phenoxy) is 1. The highest BCUT2D eigenvalue weighted by molar-refractivity contribution is 6.35. The maximum atomic E-state index is 14.3. The normalized spacial score (nSPS) is 36.4. The topological polar surface area (TPSA) is 87.7 Å². The van der Waals surface area contributed by atoms with Crippen molar-refractivity contribution >= 4 is 46.6 Å². The van der Waals surface area contributed by atoms with E-state index in [2.05, 4.69) is 17.6 Å². The summed E-state index contributed by atoms with van der Waals surface area (Å²) in [4.78, 5) is 43.8. The third kappa shape index (κ3) is 4.35. The van der Waals surface area contributed by atoms with Crippen molar-refractivity contribution in [3.8, 4) is 0 Å². The van der Waals surface area contributed by atoms with E-state index in [0.717, 1.165) is 51.4 Å². The molecule has 2 saturated carbocycles. The Balaban J connectivity index is 1.33. The second-order valence-corrected chi connectivity index (χ2v) is 12.6. The molecule has 4 fully saturated rings. The predicted octanol–water partition coefficient (Wildman–Crippen LogP) is 5.11. The van der Waals surface area contributed by atoms with E-state index in [1.54, 1.807) is 18.2 Å². The SMILES string of the molecule is C[C@@H]1CCCC[C@@H]1N1C(=O)[C@@H]2[C@H](C(=O)Nc3cc(Cl)cc(Cl)c3)[C@@H]3C=C[C@@]2(O3)[C@@H]1C(=O)NC1CCCCC1. The molecule has 2 bridgehead atoms. The van der Waals surface area contributed by atoms with Crippen molar-refractivity contribution in [3.05, 3.63) is 40.4 Å². The van der Waals surface area contributed by atoms with E-state index in [4.69, 9.17) is 27.9 Å². The maximum Gasteiger partial charge on any atom is 0.246 e. The van der Waals surface area contributed by atoms with Crippen LogP contribution in [-0.4, -0.2) is 52.5 Å². The van der Waals surface area contributed by atoms with Crippen molar-refractivity contribution in [2.75, 3.05) is 5.32 Å².